The molecule has 0 atom stereocenters. The van der Waals surface area contributed by atoms with E-state index < -0.39 is 11.6 Å². The molecule has 0 bridgehead atoms. The van der Waals surface area contributed by atoms with Crippen LogP contribution >= 0.6 is 0 Å². The Morgan fingerprint density at radius 1 is 0.875 bits per heavy atom. The van der Waals surface area contributed by atoms with Crippen molar-refractivity contribution in [1.82, 2.24) is 0 Å². The summed E-state index contributed by atoms with van der Waals surface area (Å²) in [6.07, 6.45) is 12.8. The lowest BCUT2D eigenvalue weighted by molar-refractivity contribution is 0.156. The van der Waals surface area contributed by atoms with Crippen molar-refractivity contribution in [3.8, 4) is 0 Å². The molecule has 0 amide bonds. The minimum absolute atomic E-state index is 0.215. The normalized spacial score (nSPS) is 31.2. The standard InChI is InChI=1S/C22H32F2/c1-3-4-16-5-7-17(8-6-16)18-9-11-19(12-10-18)20-13-15(2)14-21(23)22(20)24/h13-14,16-19H,3-12H2,1-2H3. The zero-order valence-corrected chi connectivity index (χ0v) is 15.3. The number of rotatable bonds is 4. The van der Waals surface area contributed by atoms with Crippen LogP contribution in [-0.2, 0) is 0 Å². The molecule has 2 saturated carbocycles. The molecule has 0 heterocycles. The predicted molar refractivity (Wildman–Crippen MR) is 96.2 cm³/mol. The van der Waals surface area contributed by atoms with Crippen LogP contribution in [0.4, 0.5) is 8.78 Å². The van der Waals surface area contributed by atoms with E-state index in [-0.39, 0.29) is 5.92 Å². The molecule has 0 unspecified atom stereocenters. The molecule has 24 heavy (non-hydrogen) atoms. The molecule has 0 N–H and O–H groups in total. The van der Waals surface area contributed by atoms with Crippen LogP contribution in [0, 0.1) is 36.3 Å². The number of hydrogen-bond acceptors (Lipinski definition) is 0. The van der Waals surface area contributed by atoms with Gasteiger partial charge in [0.1, 0.15) is 0 Å². The second-order valence-electron chi connectivity index (χ2n) is 8.33. The average molecular weight is 334 g/mol. The van der Waals surface area contributed by atoms with Crippen LogP contribution in [0.25, 0.3) is 0 Å². The highest BCUT2D eigenvalue weighted by molar-refractivity contribution is 5.28. The molecule has 0 spiro atoms. The van der Waals surface area contributed by atoms with Gasteiger partial charge in [0.05, 0.1) is 0 Å². The van der Waals surface area contributed by atoms with Gasteiger partial charge in [0, 0.05) is 0 Å². The first-order chi connectivity index (χ1) is 11.6. The molecule has 0 nitrogen and oxygen atoms in total. The van der Waals surface area contributed by atoms with Crippen molar-refractivity contribution in [2.45, 2.75) is 84.0 Å². The highest BCUT2D eigenvalue weighted by Crippen LogP contribution is 2.45. The maximum absolute atomic E-state index is 14.2. The Kier molecular flexibility index (Phi) is 5.94. The van der Waals surface area contributed by atoms with Crippen molar-refractivity contribution in [3.05, 3.63) is 34.9 Å². The van der Waals surface area contributed by atoms with E-state index in [9.17, 15) is 8.78 Å². The van der Waals surface area contributed by atoms with E-state index >= 15 is 0 Å². The van der Waals surface area contributed by atoms with Gasteiger partial charge in [0.25, 0.3) is 0 Å². The van der Waals surface area contributed by atoms with Gasteiger partial charge in [-0.1, -0.05) is 38.7 Å². The number of halogens is 2. The third-order valence-corrected chi connectivity index (χ3v) is 6.67. The van der Waals surface area contributed by atoms with Crippen molar-refractivity contribution < 1.29 is 8.78 Å². The summed E-state index contributed by atoms with van der Waals surface area (Å²) in [7, 11) is 0. The Bertz CT molecular complexity index is 535. The fourth-order valence-electron chi connectivity index (χ4n) is 5.31. The molecule has 2 aliphatic rings. The van der Waals surface area contributed by atoms with Gasteiger partial charge in [-0.3, -0.25) is 0 Å². The quantitative estimate of drug-likeness (QED) is 0.548. The monoisotopic (exact) mass is 334 g/mol. The molecule has 0 radical (unpaired) electrons. The Morgan fingerprint density at radius 2 is 1.46 bits per heavy atom. The molecule has 2 heteroatoms. The Labute approximate surface area is 146 Å². The second-order valence-corrected chi connectivity index (χ2v) is 8.33. The fourth-order valence-corrected chi connectivity index (χ4v) is 5.31. The molecule has 2 fully saturated rings. The van der Waals surface area contributed by atoms with E-state index in [0.29, 0.717) is 5.56 Å². The van der Waals surface area contributed by atoms with Crippen LogP contribution in [-0.4, -0.2) is 0 Å². The molecule has 2 aliphatic carbocycles. The van der Waals surface area contributed by atoms with Crippen LogP contribution < -0.4 is 0 Å². The molecule has 0 saturated heterocycles. The van der Waals surface area contributed by atoms with Crippen LogP contribution in [0.15, 0.2) is 12.1 Å². The molecule has 0 aliphatic heterocycles. The van der Waals surface area contributed by atoms with Gasteiger partial charge in [-0.2, -0.15) is 0 Å². The third kappa shape index (κ3) is 4.00. The summed E-state index contributed by atoms with van der Waals surface area (Å²) < 4.78 is 27.8. The highest BCUT2D eigenvalue weighted by Gasteiger charge is 2.32. The second kappa shape index (κ2) is 7.97. The topological polar surface area (TPSA) is 0 Å². The van der Waals surface area contributed by atoms with Crippen molar-refractivity contribution in [3.63, 3.8) is 0 Å². The largest absolute Gasteiger partial charge is 0.204 e. The van der Waals surface area contributed by atoms with Gasteiger partial charge in [0.15, 0.2) is 11.6 Å². The zero-order chi connectivity index (χ0) is 17.1. The van der Waals surface area contributed by atoms with Gasteiger partial charge >= 0.3 is 0 Å². The maximum Gasteiger partial charge on any atom is 0.162 e. The molecular weight excluding hydrogens is 302 g/mol. The lowest BCUT2D eigenvalue weighted by Gasteiger charge is -2.38. The fraction of sp³-hybridized carbons (Fsp3) is 0.727. The number of benzene rings is 1. The number of aryl methyl sites for hydroxylation is 1. The molecule has 0 aromatic heterocycles. The first-order valence-electron chi connectivity index (χ1n) is 10.0. The molecule has 134 valence electrons. The lowest BCUT2D eigenvalue weighted by atomic mass is 9.68. The van der Waals surface area contributed by atoms with Crippen molar-refractivity contribution >= 4 is 0 Å². The van der Waals surface area contributed by atoms with Crippen molar-refractivity contribution in [1.29, 1.82) is 0 Å². The van der Waals surface area contributed by atoms with Crippen LogP contribution in [0.1, 0.15) is 88.2 Å². The Balaban J connectivity index is 1.55. The van der Waals surface area contributed by atoms with Crippen LogP contribution in [0.3, 0.4) is 0 Å². The van der Waals surface area contributed by atoms with E-state index in [0.717, 1.165) is 36.2 Å². The van der Waals surface area contributed by atoms with E-state index in [4.69, 9.17) is 0 Å². The van der Waals surface area contributed by atoms with Gasteiger partial charge < -0.3 is 0 Å². The lowest BCUT2D eigenvalue weighted by Crippen LogP contribution is -2.25. The summed E-state index contributed by atoms with van der Waals surface area (Å²) >= 11 is 0. The summed E-state index contributed by atoms with van der Waals surface area (Å²) in [6, 6.07) is 3.17. The highest BCUT2D eigenvalue weighted by atomic mass is 19.2. The summed E-state index contributed by atoms with van der Waals surface area (Å²) in [4.78, 5) is 0. The average Bonchev–Trinajstić information content (AvgIpc) is 2.59. The van der Waals surface area contributed by atoms with E-state index in [1.807, 2.05) is 13.0 Å². The molecule has 1 aromatic carbocycles. The Morgan fingerprint density at radius 3 is 2.04 bits per heavy atom. The minimum atomic E-state index is -0.679. The molecule has 3 rings (SSSR count). The first-order valence-corrected chi connectivity index (χ1v) is 10.0. The minimum Gasteiger partial charge on any atom is -0.204 e. The Hall–Kier alpha value is -0.920. The maximum atomic E-state index is 14.2. The smallest absolute Gasteiger partial charge is 0.162 e. The van der Waals surface area contributed by atoms with Crippen LogP contribution in [0.2, 0.25) is 0 Å². The summed E-state index contributed by atoms with van der Waals surface area (Å²) in [5.74, 6) is 1.60. The van der Waals surface area contributed by atoms with Gasteiger partial charge in [-0.05, 0) is 86.3 Å². The summed E-state index contributed by atoms with van der Waals surface area (Å²) in [6.45, 7) is 4.15. The molecular formula is C22H32F2. The zero-order valence-electron chi connectivity index (χ0n) is 15.3. The first kappa shape index (κ1) is 17.9. The number of hydrogen-bond donors (Lipinski definition) is 0. The summed E-state index contributed by atoms with van der Waals surface area (Å²) in [5.41, 5.74) is 1.46. The van der Waals surface area contributed by atoms with E-state index in [2.05, 4.69) is 6.92 Å². The van der Waals surface area contributed by atoms with E-state index in [1.54, 1.807) is 0 Å². The van der Waals surface area contributed by atoms with E-state index in [1.165, 1.54) is 57.4 Å². The van der Waals surface area contributed by atoms with Gasteiger partial charge in [-0.25, -0.2) is 8.78 Å². The molecule has 1 aromatic rings. The SMILES string of the molecule is CCCC1CCC(C2CCC(c3cc(C)cc(F)c3F)CC2)CC1. The summed E-state index contributed by atoms with van der Waals surface area (Å²) in [5, 5.41) is 0. The van der Waals surface area contributed by atoms with Gasteiger partial charge in [-0.15, -0.1) is 0 Å². The third-order valence-electron chi connectivity index (χ3n) is 6.67. The predicted octanol–water partition coefficient (Wildman–Crippen LogP) is 7.15. The van der Waals surface area contributed by atoms with Crippen LogP contribution in [0.5, 0.6) is 0 Å². The van der Waals surface area contributed by atoms with Crippen molar-refractivity contribution in [2.24, 2.45) is 17.8 Å². The van der Waals surface area contributed by atoms with Gasteiger partial charge in [0.2, 0.25) is 0 Å². The van der Waals surface area contributed by atoms with Crippen molar-refractivity contribution in [2.75, 3.05) is 0 Å².